The van der Waals surface area contributed by atoms with Crippen molar-refractivity contribution in [2.45, 2.75) is 63.6 Å². The van der Waals surface area contributed by atoms with E-state index in [1.807, 2.05) is 26.0 Å². The summed E-state index contributed by atoms with van der Waals surface area (Å²) < 4.78 is 6.40. The van der Waals surface area contributed by atoms with Gasteiger partial charge in [-0.25, -0.2) is 0 Å². The number of hydrogen-bond acceptors (Lipinski definition) is 3. The first-order valence-corrected chi connectivity index (χ1v) is 9.56. The number of nitrogens with one attached hydrogen (secondary N) is 3. The smallest absolute Gasteiger partial charge is 0.239 e. The molecule has 0 saturated heterocycles. The molecular formula is C20H31IN4O2. The summed E-state index contributed by atoms with van der Waals surface area (Å²) in [5, 5.41) is 9.50. The van der Waals surface area contributed by atoms with Gasteiger partial charge >= 0.3 is 0 Å². The number of rotatable bonds is 4. The van der Waals surface area contributed by atoms with E-state index in [0.29, 0.717) is 5.96 Å². The van der Waals surface area contributed by atoms with Crippen LogP contribution in [0.25, 0.3) is 0 Å². The van der Waals surface area contributed by atoms with E-state index in [0.717, 1.165) is 30.6 Å². The van der Waals surface area contributed by atoms with E-state index in [1.165, 1.54) is 12.8 Å². The van der Waals surface area contributed by atoms with Crippen LogP contribution < -0.4 is 20.7 Å². The Morgan fingerprint density at radius 2 is 2.00 bits per heavy atom. The second-order valence-electron chi connectivity index (χ2n) is 7.58. The molecule has 3 rings (SSSR count). The molecule has 0 radical (unpaired) electrons. The standard InChI is InChI=1S/C20H30N4O2.HI/c1-14(2)23-18(25)13-22-19(21-3)24-16-12-20(10-6-7-11-20)26-17-9-5-4-8-15(16)17;/h4-5,8-9,14,16H,6-7,10-13H2,1-3H3,(H,23,25)(H2,21,22,24);1H. The van der Waals surface area contributed by atoms with Gasteiger partial charge in [0.15, 0.2) is 5.96 Å². The fourth-order valence-corrected chi connectivity index (χ4v) is 3.97. The van der Waals surface area contributed by atoms with Crippen molar-refractivity contribution in [1.82, 2.24) is 16.0 Å². The number of ether oxygens (including phenoxy) is 1. The van der Waals surface area contributed by atoms with E-state index in [-0.39, 0.29) is 54.1 Å². The van der Waals surface area contributed by atoms with Crippen LogP contribution in [0.5, 0.6) is 5.75 Å². The second-order valence-corrected chi connectivity index (χ2v) is 7.58. The Balaban J connectivity index is 0.00000261. The van der Waals surface area contributed by atoms with Crippen LogP contribution in [0, 0.1) is 0 Å². The van der Waals surface area contributed by atoms with Gasteiger partial charge in [0, 0.05) is 25.1 Å². The minimum absolute atomic E-state index is 0. The number of aliphatic imine (C=N–C) groups is 1. The van der Waals surface area contributed by atoms with E-state index in [4.69, 9.17) is 4.74 Å². The van der Waals surface area contributed by atoms with Gasteiger partial charge in [-0.05, 0) is 45.6 Å². The van der Waals surface area contributed by atoms with Crippen LogP contribution in [-0.4, -0.2) is 37.1 Å². The number of guanidine groups is 1. The van der Waals surface area contributed by atoms with Gasteiger partial charge in [-0.3, -0.25) is 9.79 Å². The summed E-state index contributed by atoms with van der Waals surface area (Å²) in [6.45, 7) is 4.10. The molecule has 7 heteroatoms. The zero-order chi connectivity index (χ0) is 18.6. The van der Waals surface area contributed by atoms with E-state index in [1.54, 1.807) is 7.05 Å². The van der Waals surface area contributed by atoms with Crippen molar-refractivity contribution in [3.63, 3.8) is 0 Å². The number of benzene rings is 1. The highest BCUT2D eigenvalue weighted by molar-refractivity contribution is 14.0. The SMILES string of the molecule is CN=C(NCC(=O)NC(C)C)NC1CC2(CCCC2)Oc2ccccc21.I. The number of hydrogen-bond donors (Lipinski definition) is 3. The third-order valence-electron chi connectivity index (χ3n) is 5.11. The average Bonchev–Trinajstić information content (AvgIpc) is 3.05. The number of fused-ring (bicyclic) bond motifs is 1. The number of para-hydroxylation sites is 1. The molecule has 1 aliphatic carbocycles. The highest BCUT2D eigenvalue weighted by Gasteiger charge is 2.43. The fraction of sp³-hybridized carbons (Fsp3) is 0.600. The molecule has 0 aromatic heterocycles. The molecule has 150 valence electrons. The Morgan fingerprint density at radius 1 is 1.30 bits per heavy atom. The largest absolute Gasteiger partial charge is 0.487 e. The molecule has 2 aliphatic rings. The first-order valence-electron chi connectivity index (χ1n) is 9.56. The number of carbonyl (C=O) groups excluding carboxylic acids is 1. The van der Waals surface area contributed by atoms with Crippen LogP contribution in [0.3, 0.4) is 0 Å². The first-order chi connectivity index (χ1) is 12.5. The highest BCUT2D eigenvalue weighted by atomic mass is 127. The molecule has 1 spiro atoms. The molecule has 1 aromatic rings. The van der Waals surface area contributed by atoms with Crippen molar-refractivity contribution in [3.8, 4) is 5.75 Å². The molecule has 27 heavy (non-hydrogen) atoms. The summed E-state index contributed by atoms with van der Waals surface area (Å²) in [5.74, 6) is 1.56. The van der Waals surface area contributed by atoms with Crippen LogP contribution in [0.2, 0.25) is 0 Å². The summed E-state index contributed by atoms with van der Waals surface area (Å²) in [5.41, 5.74) is 1.08. The zero-order valence-corrected chi connectivity index (χ0v) is 18.7. The van der Waals surface area contributed by atoms with Crippen molar-refractivity contribution >= 4 is 35.8 Å². The van der Waals surface area contributed by atoms with Crippen molar-refractivity contribution in [3.05, 3.63) is 29.8 Å². The molecule has 1 atom stereocenters. The highest BCUT2D eigenvalue weighted by Crippen LogP contribution is 2.46. The topological polar surface area (TPSA) is 74.8 Å². The molecule has 3 N–H and O–H groups in total. The van der Waals surface area contributed by atoms with Gasteiger partial charge in [0.05, 0.1) is 12.6 Å². The number of carbonyl (C=O) groups is 1. The lowest BCUT2D eigenvalue weighted by Gasteiger charge is -2.40. The number of nitrogens with zero attached hydrogens (tertiary/aromatic N) is 1. The summed E-state index contributed by atoms with van der Waals surface area (Å²) in [6.07, 6.45) is 5.56. The maximum absolute atomic E-state index is 11.9. The molecule has 1 fully saturated rings. The lowest BCUT2D eigenvalue weighted by molar-refractivity contribution is -0.120. The van der Waals surface area contributed by atoms with Gasteiger partial charge < -0.3 is 20.7 Å². The molecular weight excluding hydrogens is 455 g/mol. The molecule has 1 saturated carbocycles. The molecule has 1 unspecified atom stereocenters. The van der Waals surface area contributed by atoms with Crippen molar-refractivity contribution in [2.24, 2.45) is 4.99 Å². The third-order valence-corrected chi connectivity index (χ3v) is 5.11. The van der Waals surface area contributed by atoms with Gasteiger partial charge in [0.25, 0.3) is 0 Å². The van der Waals surface area contributed by atoms with Gasteiger partial charge in [-0.2, -0.15) is 0 Å². The maximum Gasteiger partial charge on any atom is 0.239 e. The van der Waals surface area contributed by atoms with E-state index in [9.17, 15) is 4.79 Å². The van der Waals surface area contributed by atoms with E-state index >= 15 is 0 Å². The third kappa shape index (κ3) is 5.49. The van der Waals surface area contributed by atoms with Crippen LogP contribution in [0.15, 0.2) is 29.3 Å². The predicted molar refractivity (Wildman–Crippen MR) is 119 cm³/mol. The fourth-order valence-electron chi connectivity index (χ4n) is 3.97. The van der Waals surface area contributed by atoms with Gasteiger partial charge in [0.1, 0.15) is 11.4 Å². The molecule has 1 amide bonds. The Bertz CT molecular complexity index is 672. The zero-order valence-electron chi connectivity index (χ0n) is 16.4. The summed E-state index contributed by atoms with van der Waals surface area (Å²) in [7, 11) is 1.73. The van der Waals surface area contributed by atoms with Crippen molar-refractivity contribution in [1.29, 1.82) is 0 Å². The minimum atomic E-state index is -0.0696. The summed E-state index contributed by atoms with van der Waals surface area (Å²) >= 11 is 0. The summed E-state index contributed by atoms with van der Waals surface area (Å²) in [6, 6.07) is 8.47. The average molecular weight is 486 g/mol. The van der Waals surface area contributed by atoms with Gasteiger partial charge in [-0.1, -0.05) is 18.2 Å². The second kappa shape index (κ2) is 9.61. The molecule has 0 bridgehead atoms. The first kappa shape index (κ1) is 21.8. The Labute approximate surface area is 178 Å². The quantitative estimate of drug-likeness (QED) is 0.348. The number of amides is 1. The van der Waals surface area contributed by atoms with Crippen molar-refractivity contribution < 1.29 is 9.53 Å². The maximum atomic E-state index is 11.9. The molecule has 6 nitrogen and oxygen atoms in total. The van der Waals surface area contributed by atoms with Gasteiger partial charge in [0.2, 0.25) is 5.91 Å². The Morgan fingerprint density at radius 3 is 2.67 bits per heavy atom. The van der Waals surface area contributed by atoms with Gasteiger partial charge in [-0.15, -0.1) is 24.0 Å². The van der Waals surface area contributed by atoms with Crippen LogP contribution in [0.4, 0.5) is 0 Å². The predicted octanol–water partition coefficient (Wildman–Crippen LogP) is 3.13. The lowest BCUT2D eigenvalue weighted by atomic mass is 9.86. The Hall–Kier alpha value is -1.51. The molecule has 1 aliphatic heterocycles. The normalized spacial score (nSPS) is 20.4. The van der Waals surface area contributed by atoms with Crippen LogP contribution in [0.1, 0.15) is 57.6 Å². The van der Waals surface area contributed by atoms with Crippen LogP contribution in [-0.2, 0) is 4.79 Å². The Kier molecular flexibility index (Phi) is 7.76. The lowest BCUT2D eigenvalue weighted by Crippen LogP contribution is -2.48. The number of halogens is 1. The molecule has 1 heterocycles. The van der Waals surface area contributed by atoms with Crippen molar-refractivity contribution in [2.75, 3.05) is 13.6 Å². The monoisotopic (exact) mass is 486 g/mol. The van der Waals surface area contributed by atoms with E-state index in [2.05, 4.69) is 33.1 Å². The van der Waals surface area contributed by atoms with Crippen LogP contribution >= 0.6 is 24.0 Å². The van der Waals surface area contributed by atoms with E-state index < -0.39 is 0 Å². The minimum Gasteiger partial charge on any atom is -0.487 e. The molecule has 1 aromatic carbocycles. The summed E-state index contributed by atoms with van der Waals surface area (Å²) in [4.78, 5) is 16.2.